The third-order valence-electron chi connectivity index (χ3n) is 11.5. The molecule has 3 unspecified atom stereocenters. The number of pyridine rings is 2. The molecule has 3 aromatic heterocycles. The molecule has 0 saturated carbocycles. The second-order valence-corrected chi connectivity index (χ2v) is 14.8. The molecule has 280 valence electrons. The molecule has 5 aromatic rings. The molecule has 1 N–H and O–H groups in total. The van der Waals surface area contributed by atoms with Gasteiger partial charge in [-0.15, -0.1) is 6.42 Å². The highest BCUT2D eigenvalue weighted by Gasteiger charge is 2.50. The van der Waals surface area contributed by atoms with E-state index in [2.05, 4.69) is 25.8 Å². The van der Waals surface area contributed by atoms with Crippen LogP contribution in [0.3, 0.4) is 0 Å². The number of ether oxygens (including phenoxy) is 1. The van der Waals surface area contributed by atoms with Crippen LogP contribution in [0.15, 0.2) is 60.7 Å². The number of nitrogens with zero attached hydrogens (tertiary/aromatic N) is 7. The van der Waals surface area contributed by atoms with Gasteiger partial charge in [0.2, 0.25) is 0 Å². The minimum absolute atomic E-state index is 0.0656. The smallest absolute Gasteiger partial charge is 0.319 e. The Labute approximate surface area is 313 Å². The fraction of sp³-hybridized carbons (Fsp3) is 0.341. The van der Waals surface area contributed by atoms with Crippen LogP contribution < -0.4 is 9.64 Å². The quantitative estimate of drug-likeness (QED) is 0.116. The van der Waals surface area contributed by atoms with Crippen LogP contribution >= 0.6 is 0 Å². The number of fused-ring (bicyclic) bond motifs is 5. The maximum absolute atomic E-state index is 17.1. The van der Waals surface area contributed by atoms with Gasteiger partial charge in [0.25, 0.3) is 5.91 Å². The Balaban J connectivity index is 1.12. The summed E-state index contributed by atoms with van der Waals surface area (Å²) in [4.78, 5) is 36.9. The predicted octanol–water partition coefficient (Wildman–Crippen LogP) is 6.35. The SMILES string of the molecule is C#Cc1c(F)ccc2cc(O)cc(-c3ncc4c(N5CC6CCC(C5)N6C(=O)/C(F)=C/c5ccccn5)nc(OC[C@@]56CCCN5CC(F)C6)nc4c3F)c12. The lowest BCUT2D eigenvalue weighted by Gasteiger charge is -2.41. The number of amides is 1. The number of phenols is 1. The fourth-order valence-corrected chi connectivity index (χ4v) is 9.10. The maximum atomic E-state index is 17.1. The van der Waals surface area contributed by atoms with Gasteiger partial charge in [-0.25, -0.2) is 17.6 Å². The van der Waals surface area contributed by atoms with E-state index in [9.17, 15) is 18.7 Å². The number of aromatic nitrogens is 4. The second-order valence-electron chi connectivity index (χ2n) is 14.8. The van der Waals surface area contributed by atoms with Crippen molar-refractivity contribution < 1.29 is 32.2 Å². The molecule has 4 fully saturated rings. The summed E-state index contributed by atoms with van der Waals surface area (Å²) in [6.45, 7) is 1.68. The van der Waals surface area contributed by atoms with Crippen molar-refractivity contribution in [3.8, 4) is 35.4 Å². The van der Waals surface area contributed by atoms with Gasteiger partial charge in [-0.05, 0) is 67.9 Å². The summed E-state index contributed by atoms with van der Waals surface area (Å²) in [5.41, 5.74) is -0.630. The molecular weight excluding hydrogens is 714 g/mol. The molecule has 2 aromatic carbocycles. The molecule has 4 aliphatic rings. The van der Waals surface area contributed by atoms with Crippen LogP contribution in [0, 0.1) is 24.0 Å². The summed E-state index contributed by atoms with van der Waals surface area (Å²) in [6, 6.07) is 9.44. The average molecular weight is 750 g/mol. The molecule has 0 aliphatic carbocycles. The Hall–Kier alpha value is -5.81. The van der Waals surface area contributed by atoms with Crippen LogP contribution in [-0.2, 0) is 4.79 Å². The number of aromatic hydroxyl groups is 1. The van der Waals surface area contributed by atoms with Crippen LogP contribution in [0.25, 0.3) is 39.0 Å². The highest BCUT2D eigenvalue weighted by molar-refractivity contribution is 6.03. The summed E-state index contributed by atoms with van der Waals surface area (Å²) >= 11 is 0. The third kappa shape index (κ3) is 5.97. The van der Waals surface area contributed by atoms with E-state index in [-0.39, 0.29) is 76.7 Å². The molecule has 14 heteroatoms. The van der Waals surface area contributed by atoms with Crippen LogP contribution in [0.2, 0.25) is 0 Å². The van der Waals surface area contributed by atoms with Crippen molar-refractivity contribution in [1.82, 2.24) is 29.7 Å². The van der Waals surface area contributed by atoms with E-state index in [0.29, 0.717) is 42.7 Å². The van der Waals surface area contributed by atoms with E-state index in [1.165, 1.54) is 36.7 Å². The fourth-order valence-electron chi connectivity index (χ4n) is 9.10. The number of rotatable bonds is 7. The average Bonchev–Trinajstić information content (AvgIpc) is 3.80. The lowest BCUT2D eigenvalue weighted by molar-refractivity contribution is -0.131. The van der Waals surface area contributed by atoms with Crippen LogP contribution in [0.4, 0.5) is 23.4 Å². The standard InChI is InChI=1S/C41H35F4N7O3/c1-2-29-32(43)10-7-23-14-28(53)16-30(34(23)29)36-35(45)37-31(18-47-36)38(49-40(48-37)55-22-41-11-5-13-51(41)19-24(42)17-41)50-20-26-8-9-27(21-50)52(26)39(54)33(44)15-25-6-3-4-12-46-25/h1,3-4,6-7,10,12,14-16,18,24,26-27,53H,5,8-9,11,13,17,19-22H2/b33-15-/t24?,26?,27?,41-/m0/s1. The van der Waals surface area contributed by atoms with E-state index >= 15 is 8.78 Å². The zero-order valence-electron chi connectivity index (χ0n) is 29.6. The molecular formula is C41H35F4N7O3. The van der Waals surface area contributed by atoms with Crippen molar-refractivity contribution in [2.75, 3.05) is 37.7 Å². The minimum Gasteiger partial charge on any atom is -0.508 e. The monoisotopic (exact) mass is 749 g/mol. The van der Waals surface area contributed by atoms with Gasteiger partial charge in [0.15, 0.2) is 11.6 Å². The van der Waals surface area contributed by atoms with Gasteiger partial charge in [0.05, 0.1) is 34.3 Å². The predicted molar refractivity (Wildman–Crippen MR) is 198 cm³/mol. The molecule has 0 radical (unpaired) electrons. The number of carbonyl (C=O) groups is 1. The van der Waals surface area contributed by atoms with Gasteiger partial charge in [-0.2, -0.15) is 9.97 Å². The third-order valence-corrected chi connectivity index (χ3v) is 11.5. The number of piperazine rings is 1. The Kier molecular flexibility index (Phi) is 8.57. The van der Waals surface area contributed by atoms with E-state index in [0.717, 1.165) is 25.5 Å². The van der Waals surface area contributed by atoms with Crippen molar-refractivity contribution in [2.24, 2.45) is 0 Å². The lowest BCUT2D eigenvalue weighted by Crippen LogP contribution is -2.56. The van der Waals surface area contributed by atoms with Gasteiger partial charge in [0, 0.05) is 55.5 Å². The Morgan fingerprint density at radius 3 is 2.67 bits per heavy atom. The summed E-state index contributed by atoms with van der Waals surface area (Å²) in [5, 5.41) is 11.4. The largest absolute Gasteiger partial charge is 0.508 e. The van der Waals surface area contributed by atoms with Gasteiger partial charge >= 0.3 is 6.01 Å². The number of terminal acetylenes is 1. The van der Waals surface area contributed by atoms with Crippen molar-refractivity contribution in [1.29, 1.82) is 0 Å². The first-order chi connectivity index (χ1) is 26.6. The first-order valence-electron chi connectivity index (χ1n) is 18.3. The number of anilines is 1. The zero-order valence-corrected chi connectivity index (χ0v) is 29.6. The van der Waals surface area contributed by atoms with Crippen LogP contribution in [0.1, 0.15) is 43.4 Å². The number of benzene rings is 2. The zero-order chi connectivity index (χ0) is 38.0. The number of phenolic OH excluding ortho intramolecular Hbond substituents is 1. The number of hydrogen-bond acceptors (Lipinski definition) is 9. The number of carbonyl (C=O) groups excluding carboxylic acids is 1. The molecule has 9 rings (SSSR count). The van der Waals surface area contributed by atoms with Crippen molar-refractivity contribution in [3.05, 3.63) is 83.6 Å². The van der Waals surface area contributed by atoms with Gasteiger partial charge in [-0.3, -0.25) is 19.7 Å². The first kappa shape index (κ1) is 34.9. The molecule has 1 amide bonds. The van der Waals surface area contributed by atoms with Gasteiger partial charge in [0.1, 0.15) is 41.4 Å². The molecule has 4 aliphatic heterocycles. The summed E-state index contributed by atoms with van der Waals surface area (Å²) < 4.78 is 68.2. The molecule has 0 spiro atoms. The highest BCUT2D eigenvalue weighted by atomic mass is 19.1. The summed E-state index contributed by atoms with van der Waals surface area (Å²) in [5.74, 6) is -0.766. The molecule has 2 bridgehead atoms. The van der Waals surface area contributed by atoms with E-state index in [1.54, 1.807) is 23.1 Å². The Morgan fingerprint density at radius 1 is 1.09 bits per heavy atom. The number of hydrogen-bond donors (Lipinski definition) is 1. The van der Waals surface area contributed by atoms with Crippen molar-refractivity contribution in [2.45, 2.75) is 55.9 Å². The maximum Gasteiger partial charge on any atom is 0.319 e. The molecule has 4 atom stereocenters. The molecule has 10 nitrogen and oxygen atoms in total. The lowest BCUT2D eigenvalue weighted by atomic mass is 9.95. The summed E-state index contributed by atoms with van der Waals surface area (Å²) in [6.07, 6.45) is 11.9. The molecule has 4 saturated heterocycles. The van der Waals surface area contributed by atoms with Crippen LogP contribution in [0.5, 0.6) is 11.8 Å². The van der Waals surface area contributed by atoms with E-state index in [1.807, 2.05) is 4.90 Å². The van der Waals surface area contributed by atoms with E-state index < -0.39 is 35.1 Å². The van der Waals surface area contributed by atoms with Gasteiger partial charge < -0.3 is 19.6 Å². The van der Waals surface area contributed by atoms with Crippen LogP contribution in [-0.4, -0.2) is 97.3 Å². The number of halogens is 4. The highest BCUT2D eigenvalue weighted by Crippen LogP contribution is 2.43. The van der Waals surface area contributed by atoms with E-state index in [4.69, 9.17) is 16.1 Å². The normalized spacial score (nSPS) is 23.8. The van der Waals surface area contributed by atoms with Crippen molar-refractivity contribution >= 4 is 39.5 Å². The minimum atomic E-state index is -0.990. The Morgan fingerprint density at radius 2 is 1.91 bits per heavy atom. The topological polar surface area (TPSA) is 108 Å². The number of alkyl halides is 1. The first-order valence-corrected chi connectivity index (χ1v) is 18.3. The van der Waals surface area contributed by atoms with Gasteiger partial charge in [-0.1, -0.05) is 18.1 Å². The van der Waals surface area contributed by atoms with Crippen molar-refractivity contribution in [3.63, 3.8) is 0 Å². The molecule has 7 heterocycles. The molecule has 55 heavy (non-hydrogen) atoms. The Bertz CT molecular complexity index is 2430. The summed E-state index contributed by atoms with van der Waals surface area (Å²) in [7, 11) is 0. The second kappa shape index (κ2) is 13.5.